The van der Waals surface area contributed by atoms with Gasteiger partial charge in [-0.05, 0) is 72.2 Å². The number of morpholine rings is 1. The van der Waals surface area contributed by atoms with E-state index in [1.54, 1.807) is 6.07 Å². The smallest absolute Gasteiger partial charge is 0.416 e. The molecule has 3 aromatic rings. The number of thioether (sulfide) groups is 1. The monoisotopic (exact) mass is 770 g/mol. The first kappa shape index (κ1) is 38.9. The molecule has 2 saturated heterocycles. The number of thiocarbonyl (C=S) groups is 1. The second kappa shape index (κ2) is 16.6. The van der Waals surface area contributed by atoms with Crippen molar-refractivity contribution in [3.05, 3.63) is 81.8 Å². The first-order chi connectivity index (χ1) is 24.6. The molecule has 5 rings (SSSR count). The zero-order chi connectivity index (χ0) is 37.6. The molecule has 2 aliphatic heterocycles. The molecule has 0 saturated carbocycles. The SMILES string of the molecule is COc1cc(C(=O)O)ccc1OCCCN1C(=O)/C(=C\c2ccc(OCCN3CCOCC3)c(-c3cc(C(F)(F)F)cc(C(F)(F)F)c3)c2)SC1=S. The van der Waals surface area contributed by atoms with Gasteiger partial charge in [0.1, 0.15) is 16.7 Å². The average Bonchev–Trinajstić information content (AvgIpc) is 3.37. The summed E-state index contributed by atoms with van der Waals surface area (Å²) in [6.07, 6.45) is -8.31. The third kappa shape index (κ3) is 9.76. The lowest BCUT2D eigenvalue weighted by molar-refractivity contribution is -0.143. The molecule has 278 valence electrons. The van der Waals surface area contributed by atoms with Crippen LogP contribution in [0.5, 0.6) is 17.2 Å². The summed E-state index contributed by atoms with van der Waals surface area (Å²) in [6, 6.07) is 9.87. The summed E-state index contributed by atoms with van der Waals surface area (Å²) in [6.45, 7) is 3.24. The summed E-state index contributed by atoms with van der Waals surface area (Å²) >= 11 is 6.42. The number of amides is 1. The first-order valence-electron chi connectivity index (χ1n) is 15.8. The van der Waals surface area contributed by atoms with Crippen molar-refractivity contribution in [1.29, 1.82) is 0 Å². The number of hydrogen-bond acceptors (Lipinski definition) is 9. The molecule has 2 heterocycles. The number of nitrogens with zero attached hydrogens (tertiary/aromatic N) is 2. The molecule has 1 N–H and O–H groups in total. The van der Waals surface area contributed by atoms with Crippen LogP contribution in [-0.2, 0) is 21.9 Å². The van der Waals surface area contributed by atoms with Crippen molar-refractivity contribution < 1.29 is 60.0 Å². The van der Waals surface area contributed by atoms with Crippen molar-refractivity contribution in [2.24, 2.45) is 0 Å². The molecule has 9 nitrogen and oxygen atoms in total. The van der Waals surface area contributed by atoms with Gasteiger partial charge in [-0.2, -0.15) is 26.3 Å². The number of alkyl halides is 6. The topological polar surface area (TPSA) is 97.8 Å². The standard InChI is InChI=1S/C35H32F6N2O7S2/c1-47-29-19-22(32(45)46)4-6-28(29)49-11-2-7-43-31(44)30(52-33(43)51)16-21-3-5-27(50-14-10-42-8-12-48-13-9-42)26(15-21)23-17-24(34(36,37)38)20-25(18-23)35(39,40)41/h3-6,15-20H,2,7-14H2,1H3,(H,45,46)/b30-16+. The lowest BCUT2D eigenvalue weighted by Gasteiger charge is -2.26. The molecule has 2 fully saturated rings. The molecule has 0 aliphatic carbocycles. The normalized spacial score (nSPS) is 16.4. The Labute approximate surface area is 304 Å². The van der Waals surface area contributed by atoms with Crippen LogP contribution in [0.4, 0.5) is 26.3 Å². The Balaban J connectivity index is 1.36. The number of carboxylic acids is 1. The molecule has 17 heteroatoms. The van der Waals surface area contributed by atoms with Crippen molar-refractivity contribution in [1.82, 2.24) is 9.80 Å². The lowest BCUT2D eigenvalue weighted by atomic mass is 9.96. The van der Waals surface area contributed by atoms with Crippen LogP contribution in [0.25, 0.3) is 17.2 Å². The van der Waals surface area contributed by atoms with Crippen molar-refractivity contribution in [3.63, 3.8) is 0 Å². The van der Waals surface area contributed by atoms with Crippen LogP contribution in [0, 0.1) is 0 Å². The summed E-state index contributed by atoms with van der Waals surface area (Å²) in [5.41, 5.74) is -2.98. The number of carbonyl (C=O) groups is 2. The first-order valence-corrected chi connectivity index (χ1v) is 17.0. The van der Waals surface area contributed by atoms with E-state index in [-0.39, 0.29) is 63.2 Å². The lowest BCUT2D eigenvalue weighted by Crippen LogP contribution is -2.38. The van der Waals surface area contributed by atoms with Gasteiger partial charge in [-0.25, -0.2) is 4.79 Å². The molecule has 0 unspecified atom stereocenters. The molecule has 0 aromatic heterocycles. The highest BCUT2D eigenvalue weighted by atomic mass is 32.2. The molecule has 0 radical (unpaired) electrons. The fraction of sp³-hybridized carbons (Fsp3) is 0.343. The maximum Gasteiger partial charge on any atom is 0.416 e. The Morgan fingerprint density at radius 3 is 2.19 bits per heavy atom. The van der Waals surface area contributed by atoms with Gasteiger partial charge >= 0.3 is 18.3 Å². The van der Waals surface area contributed by atoms with Crippen molar-refractivity contribution >= 4 is 46.3 Å². The van der Waals surface area contributed by atoms with E-state index in [1.165, 1.54) is 48.4 Å². The van der Waals surface area contributed by atoms with Gasteiger partial charge in [-0.15, -0.1) is 0 Å². The van der Waals surface area contributed by atoms with Crippen molar-refractivity contribution in [2.45, 2.75) is 18.8 Å². The third-order valence-corrected chi connectivity index (χ3v) is 9.41. The number of carboxylic acid groups (broad SMARTS) is 1. The molecule has 0 bridgehead atoms. The minimum Gasteiger partial charge on any atom is -0.493 e. The Hall–Kier alpha value is -4.32. The molecule has 0 spiro atoms. The maximum absolute atomic E-state index is 13.8. The molecular formula is C35H32F6N2O7S2. The summed E-state index contributed by atoms with van der Waals surface area (Å²) < 4.78 is 105. The molecule has 0 atom stereocenters. The number of halogens is 6. The predicted molar refractivity (Wildman–Crippen MR) is 185 cm³/mol. The fourth-order valence-electron chi connectivity index (χ4n) is 5.38. The average molecular weight is 771 g/mol. The van der Waals surface area contributed by atoms with E-state index in [4.69, 9.17) is 31.2 Å². The predicted octanol–water partition coefficient (Wildman–Crippen LogP) is 7.48. The van der Waals surface area contributed by atoms with E-state index in [1.807, 2.05) is 0 Å². The van der Waals surface area contributed by atoms with Gasteiger partial charge in [-0.1, -0.05) is 30.0 Å². The second-order valence-electron chi connectivity index (χ2n) is 11.6. The minimum absolute atomic E-state index is 0.0208. The largest absolute Gasteiger partial charge is 0.493 e. The fourth-order valence-corrected chi connectivity index (χ4v) is 6.69. The number of carbonyl (C=O) groups excluding carboxylic acids is 1. The van der Waals surface area contributed by atoms with Crippen LogP contribution in [-0.4, -0.2) is 90.8 Å². The quantitative estimate of drug-likeness (QED) is 0.0816. The van der Waals surface area contributed by atoms with Gasteiger partial charge in [0, 0.05) is 31.7 Å². The van der Waals surface area contributed by atoms with Crippen LogP contribution in [0.1, 0.15) is 33.5 Å². The number of methoxy groups -OCH3 is 1. The highest BCUT2D eigenvalue weighted by Crippen LogP contribution is 2.42. The Morgan fingerprint density at radius 1 is 0.904 bits per heavy atom. The van der Waals surface area contributed by atoms with E-state index >= 15 is 0 Å². The van der Waals surface area contributed by atoms with Crippen LogP contribution in [0.3, 0.4) is 0 Å². The highest BCUT2D eigenvalue weighted by molar-refractivity contribution is 8.26. The van der Waals surface area contributed by atoms with Gasteiger partial charge in [-0.3, -0.25) is 14.6 Å². The van der Waals surface area contributed by atoms with Crippen LogP contribution in [0.2, 0.25) is 0 Å². The Bertz CT molecular complexity index is 1810. The van der Waals surface area contributed by atoms with Gasteiger partial charge in [0.05, 0.1) is 48.5 Å². The highest BCUT2D eigenvalue weighted by Gasteiger charge is 2.37. The van der Waals surface area contributed by atoms with Gasteiger partial charge in [0.15, 0.2) is 11.5 Å². The maximum atomic E-state index is 13.8. The Morgan fingerprint density at radius 2 is 1.56 bits per heavy atom. The van der Waals surface area contributed by atoms with Crippen molar-refractivity contribution in [3.8, 4) is 28.4 Å². The number of hydrogen-bond donors (Lipinski definition) is 1. The third-order valence-electron chi connectivity index (χ3n) is 8.04. The Kier molecular flexibility index (Phi) is 12.4. The number of rotatable bonds is 13. The molecular weight excluding hydrogens is 739 g/mol. The van der Waals surface area contributed by atoms with Gasteiger partial charge in [0.25, 0.3) is 5.91 Å². The van der Waals surface area contributed by atoms with E-state index in [0.717, 1.165) is 11.8 Å². The molecule has 2 aliphatic rings. The second-order valence-corrected chi connectivity index (χ2v) is 13.2. The number of benzene rings is 3. The summed E-state index contributed by atoms with van der Waals surface area (Å²) in [5, 5.41) is 9.18. The van der Waals surface area contributed by atoms with E-state index in [0.29, 0.717) is 62.7 Å². The zero-order valence-corrected chi connectivity index (χ0v) is 29.1. The minimum atomic E-state index is -5.05. The van der Waals surface area contributed by atoms with E-state index in [9.17, 15) is 41.0 Å². The van der Waals surface area contributed by atoms with Crippen molar-refractivity contribution in [2.75, 3.05) is 59.7 Å². The van der Waals surface area contributed by atoms with Gasteiger partial charge in [0.2, 0.25) is 0 Å². The molecule has 52 heavy (non-hydrogen) atoms. The number of ether oxygens (including phenoxy) is 4. The van der Waals surface area contributed by atoms with Crippen LogP contribution >= 0.6 is 24.0 Å². The summed E-state index contributed by atoms with van der Waals surface area (Å²) in [4.78, 5) is 28.2. The van der Waals surface area contributed by atoms with E-state index in [2.05, 4.69) is 4.90 Å². The van der Waals surface area contributed by atoms with Gasteiger partial charge < -0.3 is 24.1 Å². The zero-order valence-electron chi connectivity index (χ0n) is 27.5. The molecule has 3 aromatic carbocycles. The van der Waals surface area contributed by atoms with Crippen LogP contribution < -0.4 is 14.2 Å². The molecule has 1 amide bonds. The summed E-state index contributed by atoms with van der Waals surface area (Å²) in [7, 11) is 1.37. The van der Waals surface area contributed by atoms with Crippen LogP contribution in [0.15, 0.2) is 59.5 Å². The van der Waals surface area contributed by atoms with E-state index < -0.39 is 35.4 Å². The summed E-state index contributed by atoms with van der Waals surface area (Å²) in [5.74, 6) is -0.964. The number of aromatic carboxylic acids is 1.